The molecule has 0 radical (unpaired) electrons. The fourth-order valence-electron chi connectivity index (χ4n) is 4.11. The van der Waals surface area contributed by atoms with E-state index in [1.54, 1.807) is 36.6 Å². The summed E-state index contributed by atoms with van der Waals surface area (Å²) in [6, 6.07) is 15.4. The van der Waals surface area contributed by atoms with E-state index in [0.29, 0.717) is 23.5 Å². The molecule has 1 saturated heterocycles. The van der Waals surface area contributed by atoms with E-state index in [1.807, 2.05) is 31.2 Å². The van der Waals surface area contributed by atoms with E-state index in [-0.39, 0.29) is 4.90 Å². The van der Waals surface area contributed by atoms with Gasteiger partial charge in [-0.2, -0.15) is 0 Å². The van der Waals surface area contributed by atoms with Gasteiger partial charge < -0.3 is 15.0 Å². The molecule has 3 aromatic rings. The van der Waals surface area contributed by atoms with Crippen molar-refractivity contribution in [2.45, 2.75) is 37.8 Å². The lowest BCUT2D eigenvalue weighted by Crippen LogP contribution is -2.54. The van der Waals surface area contributed by atoms with Crippen LogP contribution in [0.15, 0.2) is 58.8 Å². The molecule has 2 heterocycles. The number of hydrogen-bond donors (Lipinski definition) is 2. The number of sulfonamides is 1. The van der Waals surface area contributed by atoms with Crippen LogP contribution in [-0.2, 0) is 10.0 Å². The second-order valence-corrected chi connectivity index (χ2v) is 11.0. The van der Waals surface area contributed by atoms with Gasteiger partial charge in [0.1, 0.15) is 5.75 Å². The molecule has 8 heteroatoms. The quantitative estimate of drug-likeness (QED) is 0.544. The maximum absolute atomic E-state index is 13.3. The Bertz CT molecular complexity index is 1200. The topological polar surface area (TPSA) is 70.7 Å². The lowest BCUT2D eigenvalue weighted by molar-refractivity contribution is 0.406. The minimum Gasteiger partial charge on any atom is -0.495 e. The molecule has 2 unspecified atom stereocenters. The van der Waals surface area contributed by atoms with E-state index in [4.69, 9.17) is 4.74 Å². The summed E-state index contributed by atoms with van der Waals surface area (Å²) in [5.41, 5.74) is 3.44. The normalized spacial score (nSPS) is 19.1. The third-order valence-corrected chi connectivity index (χ3v) is 7.97. The van der Waals surface area contributed by atoms with Crippen molar-refractivity contribution in [2.24, 2.45) is 0 Å². The smallest absolute Gasteiger partial charge is 0.262 e. The minimum atomic E-state index is -3.79. The van der Waals surface area contributed by atoms with Crippen LogP contribution in [0.2, 0.25) is 0 Å². The molecule has 0 saturated carbocycles. The largest absolute Gasteiger partial charge is 0.495 e. The Hall–Kier alpha value is -2.55. The van der Waals surface area contributed by atoms with Gasteiger partial charge in [0.2, 0.25) is 0 Å². The molecule has 4 rings (SSSR count). The van der Waals surface area contributed by atoms with Crippen molar-refractivity contribution in [3.05, 3.63) is 59.5 Å². The summed E-state index contributed by atoms with van der Waals surface area (Å²) in [5, 5.41) is 5.58. The first-order chi connectivity index (χ1) is 15.2. The molecule has 2 aromatic carbocycles. The number of hydrogen-bond acceptors (Lipinski definition) is 6. The van der Waals surface area contributed by atoms with Crippen molar-refractivity contribution in [1.82, 2.24) is 5.32 Å². The summed E-state index contributed by atoms with van der Waals surface area (Å²) < 4.78 is 34.7. The first-order valence-electron chi connectivity index (χ1n) is 10.6. The van der Waals surface area contributed by atoms with Crippen molar-refractivity contribution in [1.29, 1.82) is 0 Å². The first-order valence-corrected chi connectivity index (χ1v) is 13.0. The maximum atomic E-state index is 13.3. The van der Waals surface area contributed by atoms with Crippen LogP contribution in [0.4, 0.5) is 11.4 Å². The van der Waals surface area contributed by atoms with Crippen LogP contribution in [0, 0.1) is 6.92 Å². The van der Waals surface area contributed by atoms with Crippen LogP contribution >= 0.6 is 11.3 Å². The minimum absolute atomic E-state index is 0.220. The number of benzene rings is 2. The van der Waals surface area contributed by atoms with Crippen molar-refractivity contribution in [2.75, 3.05) is 29.8 Å². The van der Waals surface area contributed by atoms with Gasteiger partial charge in [-0.05, 0) is 73.7 Å². The van der Waals surface area contributed by atoms with Gasteiger partial charge in [-0.1, -0.05) is 12.1 Å². The van der Waals surface area contributed by atoms with Crippen LogP contribution in [0.25, 0.3) is 10.4 Å². The number of anilines is 2. The molecule has 0 bridgehead atoms. The predicted octanol–water partition coefficient (Wildman–Crippen LogP) is 4.72. The average molecular weight is 472 g/mol. The number of thiophene rings is 1. The van der Waals surface area contributed by atoms with E-state index in [2.05, 4.69) is 40.2 Å². The fourth-order valence-corrected chi connectivity index (χ4v) is 6.12. The summed E-state index contributed by atoms with van der Waals surface area (Å²) in [7, 11) is -2.25. The SMILES string of the molecule is COc1ccc(N2CC(C)NC(C)C2)cc1NS(=O)(=O)c1cccc(-c2cc(C)cs2)c1. The zero-order valence-corrected chi connectivity index (χ0v) is 20.4. The van der Waals surface area contributed by atoms with Crippen LogP contribution < -0.4 is 19.7 Å². The van der Waals surface area contributed by atoms with Crippen molar-refractivity contribution >= 4 is 32.7 Å². The van der Waals surface area contributed by atoms with Crippen molar-refractivity contribution < 1.29 is 13.2 Å². The predicted molar refractivity (Wildman–Crippen MR) is 133 cm³/mol. The third kappa shape index (κ3) is 4.92. The van der Waals surface area contributed by atoms with Gasteiger partial charge in [-0.25, -0.2) is 8.42 Å². The summed E-state index contributed by atoms with van der Waals surface area (Å²) in [4.78, 5) is 3.53. The standard InChI is InChI=1S/C24H29N3O3S2/c1-16-10-24(31-15-16)19-6-5-7-21(11-19)32(28,29)26-22-12-20(8-9-23(22)30-4)27-13-17(2)25-18(3)14-27/h5-12,15,17-18,25-26H,13-14H2,1-4H3. The molecule has 2 N–H and O–H groups in total. The second-order valence-electron chi connectivity index (χ2n) is 8.38. The molecule has 1 aromatic heterocycles. The van der Waals surface area contributed by atoms with Gasteiger partial charge in [0.25, 0.3) is 10.0 Å². The molecular formula is C24H29N3O3S2. The van der Waals surface area contributed by atoms with Crippen LogP contribution in [0.3, 0.4) is 0 Å². The van der Waals surface area contributed by atoms with Gasteiger partial charge >= 0.3 is 0 Å². The fraction of sp³-hybridized carbons (Fsp3) is 0.333. The molecular weight excluding hydrogens is 442 g/mol. The number of methoxy groups -OCH3 is 1. The first kappa shape index (κ1) is 22.6. The molecule has 2 atom stereocenters. The summed E-state index contributed by atoms with van der Waals surface area (Å²) in [5.74, 6) is 0.485. The summed E-state index contributed by atoms with van der Waals surface area (Å²) >= 11 is 1.60. The third-order valence-electron chi connectivity index (χ3n) is 5.51. The summed E-state index contributed by atoms with van der Waals surface area (Å²) in [6.45, 7) is 8.04. The Morgan fingerprint density at radius 2 is 1.84 bits per heavy atom. The number of nitrogens with one attached hydrogen (secondary N) is 2. The van der Waals surface area contributed by atoms with Crippen LogP contribution in [-0.4, -0.2) is 40.7 Å². The van der Waals surface area contributed by atoms with E-state index >= 15 is 0 Å². The highest BCUT2D eigenvalue weighted by atomic mass is 32.2. The van der Waals surface area contributed by atoms with Crippen LogP contribution in [0.5, 0.6) is 5.75 Å². The Morgan fingerprint density at radius 1 is 1.09 bits per heavy atom. The molecule has 1 fully saturated rings. The van der Waals surface area contributed by atoms with Gasteiger partial charge in [-0.3, -0.25) is 4.72 Å². The molecule has 32 heavy (non-hydrogen) atoms. The number of piperazine rings is 1. The van der Waals surface area contributed by atoms with Gasteiger partial charge in [0, 0.05) is 35.7 Å². The molecule has 1 aliphatic heterocycles. The highest BCUT2D eigenvalue weighted by molar-refractivity contribution is 7.92. The van der Waals surface area contributed by atoms with E-state index in [0.717, 1.165) is 34.8 Å². The van der Waals surface area contributed by atoms with Crippen LogP contribution in [0.1, 0.15) is 19.4 Å². The van der Waals surface area contributed by atoms with E-state index < -0.39 is 10.0 Å². The summed E-state index contributed by atoms with van der Waals surface area (Å²) in [6.07, 6.45) is 0. The van der Waals surface area contributed by atoms with E-state index in [9.17, 15) is 8.42 Å². The number of aryl methyl sites for hydroxylation is 1. The maximum Gasteiger partial charge on any atom is 0.262 e. The molecule has 6 nitrogen and oxygen atoms in total. The average Bonchev–Trinajstić information content (AvgIpc) is 3.19. The Balaban J connectivity index is 1.64. The molecule has 1 aliphatic rings. The Labute approximate surface area is 194 Å². The van der Waals surface area contributed by atoms with E-state index in [1.165, 1.54) is 0 Å². The van der Waals surface area contributed by atoms with Gasteiger partial charge in [-0.15, -0.1) is 11.3 Å². The molecule has 0 aliphatic carbocycles. The molecule has 170 valence electrons. The Kier molecular flexibility index (Phi) is 6.46. The number of rotatable bonds is 6. The zero-order chi connectivity index (χ0) is 22.9. The van der Waals surface area contributed by atoms with Gasteiger partial charge in [0.05, 0.1) is 17.7 Å². The lowest BCUT2D eigenvalue weighted by atomic mass is 10.1. The number of nitrogens with zero attached hydrogens (tertiary/aromatic N) is 1. The highest BCUT2D eigenvalue weighted by Gasteiger charge is 2.23. The van der Waals surface area contributed by atoms with Crippen molar-refractivity contribution in [3.63, 3.8) is 0 Å². The monoisotopic (exact) mass is 471 g/mol. The number of ether oxygens (including phenoxy) is 1. The molecule has 0 amide bonds. The zero-order valence-electron chi connectivity index (χ0n) is 18.8. The Morgan fingerprint density at radius 3 is 2.50 bits per heavy atom. The second kappa shape index (κ2) is 9.13. The molecule has 0 spiro atoms. The highest BCUT2D eigenvalue weighted by Crippen LogP contribution is 2.33. The lowest BCUT2D eigenvalue weighted by Gasteiger charge is -2.38. The van der Waals surface area contributed by atoms with Gasteiger partial charge in [0.15, 0.2) is 0 Å². The van der Waals surface area contributed by atoms with Crippen molar-refractivity contribution in [3.8, 4) is 16.2 Å².